The van der Waals surface area contributed by atoms with Crippen LogP contribution in [0.3, 0.4) is 0 Å². The summed E-state index contributed by atoms with van der Waals surface area (Å²) in [7, 11) is 1.74. The molecule has 1 N–H and O–H groups in total. The van der Waals surface area contributed by atoms with Gasteiger partial charge in [-0.25, -0.2) is 4.79 Å². The number of carbonyl (C=O) groups is 2. The van der Waals surface area contributed by atoms with Crippen LogP contribution in [0.2, 0.25) is 0 Å². The van der Waals surface area contributed by atoms with E-state index in [0.29, 0.717) is 38.3 Å². The normalized spacial score (nSPS) is 14.7. The number of amides is 2. The molecule has 1 unspecified atom stereocenters. The molecule has 1 aliphatic heterocycles. The smallest absolute Gasteiger partial charge is 0.407 e. The van der Waals surface area contributed by atoms with E-state index < -0.39 is 6.09 Å². The number of carbonyl (C=O) groups excluding carboxylic acids is 2. The predicted molar refractivity (Wildman–Crippen MR) is 108 cm³/mol. The van der Waals surface area contributed by atoms with Crippen LogP contribution >= 0.6 is 0 Å². The minimum atomic E-state index is -0.485. The highest BCUT2D eigenvalue weighted by Crippen LogP contribution is 2.30. The van der Waals surface area contributed by atoms with Crippen LogP contribution in [-0.2, 0) is 16.1 Å². The molecule has 1 heterocycles. The van der Waals surface area contributed by atoms with Crippen LogP contribution in [0.15, 0.2) is 54.6 Å². The Morgan fingerprint density at radius 1 is 1.10 bits per heavy atom. The van der Waals surface area contributed by atoms with Crippen LogP contribution in [0.1, 0.15) is 18.4 Å². The molecule has 0 radical (unpaired) electrons. The number of nitrogens with zero attached hydrogens (tertiary/aromatic N) is 1. The van der Waals surface area contributed by atoms with Crippen LogP contribution in [-0.4, -0.2) is 49.7 Å². The Balaban J connectivity index is 1.30. The molecule has 0 fully saturated rings. The standard InChI is InChI=1S/C22H26N2O5/c1-24(14-18-16-27-19-10-5-6-11-20(19)29-18)21(25)12-7-13-23-22(26)28-15-17-8-3-2-4-9-17/h2-6,8-11,18H,7,12-16H2,1H3,(H,23,26). The summed E-state index contributed by atoms with van der Waals surface area (Å²) in [6.45, 7) is 1.45. The van der Waals surface area contributed by atoms with E-state index in [1.165, 1.54) is 0 Å². The molecule has 2 amide bonds. The molecule has 1 aliphatic rings. The Bertz CT molecular complexity index is 812. The zero-order valence-corrected chi connectivity index (χ0v) is 16.5. The fourth-order valence-corrected chi connectivity index (χ4v) is 2.96. The molecule has 0 bridgehead atoms. The SMILES string of the molecule is CN(CC1COc2ccccc2O1)C(=O)CCCNC(=O)OCc1ccccc1. The van der Waals surface area contributed by atoms with Gasteiger partial charge in [-0.1, -0.05) is 42.5 Å². The second-order valence-corrected chi connectivity index (χ2v) is 6.86. The van der Waals surface area contributed by atoms with Gasteiger partial charge in [0.1, 0.15) is 13.2 Å². The molecule has 3 rings (SSSR count). The molecule has 7 heteroatoms. The molecule has 2 aromatic rings. The summed E-state index contributed by atoms with van der Waals surface area (Å²) < 4.78 is 16.7. The Labute approximate surface area is 170 Å². The second kappa shape index (κ2) is 10.4. The summed E-state index contributed by atoms with van der Waals surface area (Å²) in [5, 5.41) is 2.66. The third-order valence-electron chi connectivity index (χ3n) is 4.52. The van der Waals surface area contributed by atoms with Gasteiger partial charge in [-0.05, 0) is 24.1 Å². The minimum absolute atomic E-state index is 0.00749. The number of fused-ring (bicyclic) bond motifs is 1. The summed E-state index contributed by atoms with van der Waals surface area (Å²) in [6.07, 6.45) is 0.180. The first-order valence-corrected chi connectivity index (χ1v) is 9.69. The van der Waals surface area contributed by atoms with Crippen molar-refractivity contribution in [1.82, 2.24) is 10.2 Å². The first kappa shape index (κ1) is 20.5. The number of rotatable bonds is 8. The molecule has 0 saturated heterocycles. The maximum atomic E-state index is 12.3. The van der Waals surface area contributed by atoms with Gasteiger partial charge < -0.3 is 24.4 Å². The summed E-state index contributed by atoms with van der Waals surface area (Å²) in [6, 6.07) is 17.0. The largest absolute Gasteiger partial charge is 0.486 e. The molecule has 29 heavy (non-hydrogen) atoms. The summed E-state index contributed by atoms with van der Waals surface area (Å²) >= 11 is 0. The van der Waals surface area contributed by atoms with Crippen molar-refractivity contribution in [3.63, 3.8) is 0 Å². The predicted octanol–water partition coefficient (Wildman–Crippen LogP) is 2.99. The number of hydrogen-bond acceptors (Lipinski definition) is 5. The van der Waals surface area contributed by atoms with E-state index in [-0.39, 0.29) is 18.6 Å². The van der Waals surface area contributed by atoms with Gasteiger partial charge in [0.2, 0.25) is 5.91 Å². The van der Waals surface area contributed by atoms with Crippen molar-refractivity contribution in [2.45, 2.75) is 25.6 Å². The summed E-state index contributed by atoms with van der Waals surface area (Å²) in [5.41, 5.74) is 0.927. The van der Waals surface area contributed by atoms with Gasteiger partial charge in [0.05, 0.1) is 6.54 Å². The van der Waals surface area contributed by atoms with Gasteiger partial charge in [-0.2, -0.15) is 0 Å². The van der Waals surface area contributed by atoms with E-state index in [2.05, 4.69) is 5.32 Å². The van der Waals surface area contributed by atoms with Gasteiger partial charge in [0.25, 0.3) is 0 Å². The van der Waals surface area contributed by atoms with Crippen molar-refractivity contribution in [2.24, 2.45) is 0 Å². The average Bonchev–Trinajstić information content (AvgIpc) is 2.75. The Morgan fingerprint density at radius 2 is 1.83 bits per heavy atom. The van der Waals surface area contributed by atoms with Gasteiger partial charge in [0.15, 0.2) is 17.6 Å². The maximum Gasteiger partial charge on any atom is 0.407 e. The number of benzene rings is 2. The van der Waals surface area contributed by atoms with Crippen LogP contribution < -0.4 is 14.8 Å². The van der Waals surface area contributed by atoms with Gasteiger partial charge in [-0.15, -0.1) is 0 Å². The fourth-order valence-electron chi connectivity index (χ4n) is 2.96. The number of likely N-dealkylation sites (N-methyl/N-ethyl adjacent to an activating group) is 1. The number of nitrogens with one attached hydrogen (secondary N) is 1. The minimum Gasteiger partial charge on any atom is -0.486 e. The van der Waals surface area contributed by atoms with E-state index >= 15 is 0 Å². The van der Waals surface area contributed by atoms with Crippen molar-refractivity contribution in [3.05, 3.63) is 60.2 Å². The number of para-hydroxylation sites is 2. The van der Waals surface area contributed by atoms with Crippen molar-refractivity contribution in [1.29, 1.82) is 0 Å². The lowest BCUT2D eigenvalue weighted by Gasteiger charge is -2.29. The zero-order chi connectivity index (χ0) is 20.5. The van der Waals surface area contributed by atoms with Crippen LogP contribution in [0.4, 0.5) is 4.79 Å². The lowest BCUT2D eigenvalue weighted by molar-refractivity contribution is -0.131. The summed E-state index contributed by atoms with van der Waals surface area (Å²) in [5.74, 6) is 1.41. The van der Waals surface area contributed by atoms with Gasteiger partial charge in [-0.3, -0.25) is 4.79 Å². The maximum absolute atomic E-state index is 12.3. The highest BCUT2D eigenvalue weighted by atomic mass is 16.6. The monoisotopic (exact) mass is 398 g/mol. The molecule has 7 nitrogen and oxygen atoms in total. The van der Waals surface area contributed by atoms with E-state index in [1.54, 1.807) is 11.9 Å². The molecule has 1 atom stereocenters. The molecule has 0 saturated carbocycles. The Kier molecular flexibility index (Phi) is 7.33. The molecule has 0 aromatic heterocycles. The highest BCUT2D eigenvalue weighted by Gasteiger charge is 2.23. The second-order valence-electron chi connectivity index (χ2n) is 6.86. The number of hydrogen-bond donors (Lipinski definition) is 1. The van der Waals surface area contributed by atoms with Crippen LogP contribution in [0.25, 0.3) is 0 Å². The zero-order valence-electron chi connectivity index (χ0n) is 16.5. The molecule has 154 valence electrons. The van der Waals surface area contributed by atoms with Crippen molar-refractivity contribution in [2.75, 3.05) is 26.7 Å². The average molecular weight is 398 g/mol. The first-order chi connectivity index (χ1) is 14.1. The van der Waals surface area contributed by atoms with Crippen molar-refractivity contribution in [3.8, 4) is 11.5 Å². The lowest BCUT2D eigenvalue weighted by atomic mass is 10.2. The lowest BCUT2D eigenvalue weighted by Crippen LogP contribution is -2.41. The van der Waals surface area contributed by atoms with Crippen molar-refractivity contribution < 1.29 is 23.8 Å². The van der Waals surface area contributed by atoms with Crippen molar-refractivity contribution >= 4 is 12.0 Å². The van der Waals surface area contributed by atoms with Gasteiger partial charge in [0, 0.05) is 20.0 Å². The molecule has 0 aliphatic carbocycles. The molecule has 0 spiro atoms. The quantitative estimate of drug-likeness (QED) is 0.692. The molecular formula is C22H26N2O5. The number of ether oxygens (including phenoxy) is 3. The third-order valence-corrected chi connectivity index (χ3v) is 4.52. The van der Waals surface area contributed by atoms with Crippen LogP contribution in [0, 0.1) is 0 Å². The first-order valence-electron chi connectivity index (χ1n) is 9.69. The van der Waals surface area contributed by atoms with E-state index in [0.717, 1.165) is 11.3 Å². The Hall–Kier alpha value is -3.22. The number of alkyl carbamates (subject to hydrolysis) is 1. The topological polar surface area (TPSA) is 77.1 Å². The van der Waals surface area contributed by atoms with Gasteiger partial charge >= 0.3 is 6.09 Å². The van der Waals surface area contributed by atoms with Crippen LogP contribution in [0.5, 0.6) is 11.5 Å². The third kappa shape index (κ3) is 6.41. The molecular weight excluding hydrogens is 372 g/mol. The summed E-state index contributed by atoms with van der Waals surface area (Å²) in [4.78, 5) is 25.6. The highest BCUT2D eigenvalue weighted by molar-refractivity contribution is 5.76. The fraction of sp³-hybridized carbons (Fsp3) is 0.364. The van der Waals surface area contributed by atoms with E-state index in [9.17, 15) is 9.59 Å². The Morgan fingerprint density at radius 3 is 2.62 bits per heavy atom. The van der Waals surface area contributed by atoms with E-state index in [4.69, 9.17) is 14.2 Å². The van der Waals surface area contributed by atoms with E-state index in [1.807, 2.05) is 54.6 Å². The molecule has 2 aromatic carbocycles.